The second-order valence-corrected chi connectivity index (χ2v) is 11.4. The lowest BCUT2D eigenvalue weighted by Gasteiger charge is -2.34. The van der Waals surface area contributed by atoms with E-state index in [-0.39, 0.29) is 49.7 Å². The van der Waals surface area contributed by atoms with E-state index in [4.69, 9.17) is 9.47 Å². The lowest BCUT2D eigenvalue weighted by Crippen LogP contribution is -2.48. The number of carbonyl (C=O) groups is 3. The van der Waals surface area contributed by atoms with Crippen LogP contribution >= 0.6 is 0 Å². The number of amides is 5. The number of rotatable bonds is 8. The van der Waals surface area contributed by atoms with Crippen LogP contribution < -0.4 is 25.4 Å². The van der Waals surface area contributed by atoms with Gasteiger partial charge in [0, 0.05) is 42.1 Å². The van der Waals surface area contributed by atoms with Crippen LogP contribution in [0, 0.1) is 5.92 Å². The Bertz CT molecular complexity index is 1550. The highest BCUT2D eigenvalue weighted by atomic mass is 19.4. The Labute approximate surface area is 270 Å². The van der Waals surface area contributed by atoms with Gasteiger partial charge in [-0.2, -0.15) is 13.2 Å². The van der Waals surface area contributed by atoms with Crippen LogP contribution in [-0.2, 0) is 17.4 Å². The third kappa shape index (κ3) is 9.28. The van der Waals surface area contributed by atoms with Crippen molar-refractivity contribution >= 4 is 35.0 Å². The van der Waals surface area contributed by atoms with E-state index in [9.17, 15) is 32.7 Å². The lowest BCUT2D eigenvalue weighted by molar-refractivity contribution is -0.137. The number of hydrogen-bond donors (Lipinski definition) is 4. The van der Waals surface area contributed by atoms with E-state index in [1.54, 1.807) is 68.4 Å². The molecule has 0 radical (unpaired) electrons. The molecule has 4 N–H and O–H groups in total. The molecule has 0 spiro atoms. The third-order valence-electron chi connectivity index (χ3n) is 7.79. The van der Waals surface area contributed by atoms with Crippen LogP contribution in [0.25, 0.3) is 0 Å². The number of aliphatic hydroxyl groups is 1. The first kappa shape index (κ1) is 34.9. The Balaban J connectivity index is 1.52. The highest BCUT2D eigenvalue weighted by Crippen LogP contribution is 2.31. The van der Waals surface area contributed by atoms with Crippen molar-refractivity contribution in [3.8, 4) is 11.5 Å². The highest BCUT2D eigenvalue weighted by Gasteiger charge is 2.32. The molecule has 47 heavy (non-hydrogen) atoms. The second-order valence-electron chi connectivity index (χ2n) is 11.4. The predicted octanol–water partition coefficient (Wildman–Crippen LogP) is 5.67. The van der Waals surface area contributed by atoms with Gasteiger partial charge in [0.2, 0.25) is 5.91 Å². The number of benzene rings is 3. The Hall–Kier alpha value is -4.98. The number of alkyl halides is 3. The number of fused-ring (bicyclic) bond motifs is 1. The fourth-order valence-electron chi connectivity index (χ4n) is 5.01. The summed E-state index contributed by atoms with van der Waals surface area (Å²) >= 11 is 0. The molecule has 0 aromatic heterocycles. The number of anilines is 3. The van der Waals surface area contributed by atoms with Crippen molar-refractivity contribution in [2.75, 3.05) is 49.8 Å². The minimum atomic E-state index is -4.50. The van der Waals surface area contributed by atoms with E-state index in [2.05, 4.69) is 16.0 Å². The fraction of sp³-hybridized carbons (Fsp3) is 0.364. The van der Waals surface area contributed by atoms with Crippen LogP contribution in [-0.4, -0.2) is 78.9 Å². The molecule has 0 unspecified atom stereocenters. The molecule has 252 valence electrons. The first-order chi connectivity index (χ1) is 22.3. The maximum absolute atomic E-state index is 13.5. The van der Waals surface area contributed by atoms with Crippen molar-refractivity contribution in [1.82, 2.24) is 9.80 Å². The van der Waals surface area contributed by atoms with Gasteiger partial charge in [-0.25, -0.2) is 9.59 Å². The largest absolute Gasteiger partial charge is 0.497 e. The molecule has 4 rings (SSSR count). The molecule has 0 aliphatic carbocycles. The maximum atomic E-state index is 13.5. The van der Waals surface area contributed by atoms with Crippen molar-refractivity contribution in [3.63, 3.8) is 0 Å². The van der Waals surface area contributed by atoms with Crippen LogP contribution in [0.2, 0.25) is 0 Å². The zero-order chi connectivity index (χ0) is 34.3. The second kappa shape index (κ2) is 15.1. The van der Waals surface area contributed by atoms with Gasteiger partial charge in [-0.05, 0) is 73.7 Å². The van der Waals surface area contributed by atoms with Crippen LogP contribution in [0.1, 0.15) is 25.0 Å². The van der Waals surface area contributed by atoms with Gasteiger partial charge >= 0.3 is 18.2 Å². The quantitative estimate of drug-likeness (QED) is 0.247. The number of urea groups is 2. The Kier molecular flexibility index (Phi) is 11.2. The van der Waals surface area contributed by atoms with E-state index in [1.165, 1.54) is 4.90 Å². The van der Waals surface area contributed by atoms with Crippen molar-refractivity contribution < 1.29 is 42.1 Å². The highest BCUT2D eigenvalue weighted by molar-refractivity contribution is 6.00. The molecule has 1 aliphatic heterocycles. The molecule has 0 saturated heterocycles. The molecule has 0 fully saturated rings. The molecule has 3 aromatic rings. The number of nitrogens with one attached hydrogen (secondary N) is 3. The molecular weight excluding hydrogens is 619 g/mol. The van der Waals surface area contributed by atoms with Crippen LogP contribution in [0.15, 0.2) is 66.7 Å². The molecule has 0 bridgehead atoms. The molecule has 11 nitrogen and oxygen atoms in total. The summed E-state index contributed by atoms with van der Waals surface area (Å²) in [6.07, 6.45) is -5.16. The van der Waals surface area contributed by atoms with Gasteiger partial charge in [-0.1, -0.05) is 6.92 Å². The van der Waals surface area contributed by atoms with Crippen LogP contribution in [0.4, 0.5) is 39.8 Å². The SMILES string of the molecule is COc1ccc(NC(=O)N(C)C[C@H]2Oc3ccc(NC(=O)Nc4ccc(C(F)(F)F)cc4)cc3CC(=O)N([C@H](C)CO)C[C@@H]2C)cc1. The summed E-state index contributed by atoms with van der Waals surface area (Å²) in [6, 6.07) is 14.1. The monoisotopic (exact) mass is 657 g/mol. The van der Waals surface area contributed by atoms with Crippen molar-refractivity contribution in [2.45, 2.75) is 38.6 Å². The first-order valence-electron chi connectivity index (χ1n) is 14.9. The summed E-state index contributed by atoms with van der Waals surface area (Å²) in [6.45, 7) is 3.79. The van der Waals surface area contributed by atoms with Crippen molar-refractivity contribution in [1.29, 1.82) is 0 Å². The fourth-order valence-corrected chi connectivity index (χ4v) is 5.01. The van der Waals surface area contributed by atoms with E-state index >= 15 is 0 Å². The number of hydrogen-bond acceptors (Lipinski definition) is 6. The minimum Gasteiger partial charge on any atom is -0.497 e. The lowest BCUT2D eigenvalue weighted by atomic mass is 10.0. The number of ether oxygens (including phenoxy) is 2. The number of halogens is 3. The summed E-state index contributed by atoms with van der Waals surface area (Å²) in [4.78, 5) is 42.3. The van der Waals surface area contributed by atoms with Gasteiger partial charge in [-0.15, -0.1) is 0 Å². The molecule has 0 saturated carbocycles. The summed E-state index contributed by atoms with van der Waals surface area (Å²) in [5.41, 5.74) is 0.662. The third-order valence-corrected chi connectivity index (χ3v) is 7.79. The van der Waals surface area contributed by atoms with Gasteiger partial charge in [0.25, 0.3) is 0 Å². The zero-order valence-corrected chi connectivity index (χ0v) is 26.4. The van der Waals surface area contributed by atoms with E-state index in [0.29, 0.717) is 28.4 Å². The average Bonchev–Trinajstić information content (AvgIpc) is 3.08. The van der Waals surface area contributed by atoms with E-state index in [1.807, 2.05) is 6.92 Å². The van der Waals surface area contributed by atoms with Gasteiger partial charge in [-0.3, -0.25) is 4.79 Å². The van der Waals surface area contributed by atoms with Gasteiger partial charge < -0.3 is 40.3 Å². The molecule has 1 heterocycles. The number of carbonyl (C=O) groups excluding carboxylic acids is 3. The van der Waals surface area contributed by atoms with E-state index in [0.717, 1.165) is 24.3 Å². The molecule has 3 aromatic carbocycles. The van der Waals surface area contributed by atoms with Crippen molar-refractivity contribution in [2.24, 2.45) is 5.92 Å². The molecule has 1 aliphatic rings. The van der Waals surface area contributed by atoms with Gasteiger partial charge in [0.05, 0.1) is 38.3 Å². The smallest absolute Gasteiger partial charge is 0.416 e. The number of methoxy groups -OCH3 is 1. The zero-order valence-electron chi connectivity index (χ0n) is 26.4. The minimum absolute atomic E-state index is 0.0943. The van der Waals surface area contributed by atoms with Crippen LogP contribution in [0.5, 0.6) is 11.5 Å². The summed E-state index contributed by atoms with van der Waals surface area (Å²) in [5, 5.41) is 17.8. The van der Waals surface area contributed by atoms with Gasteiger partial charge in [0.15, 0.2) is 0 Å². The number of nitrogens with zero attached hydrogens (tertiary/aromatic N) is 2. The van der Waals surface area contributed by atoms with Crippen molar-refractivity contribution in [3.05, 3.63) is 77.9 Å². The normalized spacial score (nSPS) is 17.2. The Morgan fingerprint density at radius 2 is 1.62 bits per heavy atom. The number of likely N-dealkylation sites (N-methyl/N-ethyl adjacent to an activating group) is 1. The molecular formula is C33H38F3N5O6. The molecule has 3 atom stereocenters. The Morgan fingerprint density at radius 1 is 1.02 bits per heavy atom. The maximum Gasteiger partial charge on any atom is 0.416 e. The number of aliphatic hydroxyl groups excluding tert-OH is 1. The summed E-state index contributed by atoms with van der Waals surface area (Å²) < 4.78 is 50.2. The van der Waals surface area contributed by atoms with Crippen LogP contribution in [0.3, 0.4) is 0 Å². The average molecular weight is 658 g/mol. The summed E-state index contributed by atoms with van der Waals surface area (Å²) in [5.74, 6) is 0.506. The molecule has 14 heteroatoms. The first-order valence-corrected chi connectivity index (χ1v) is 14.9. The topological polar surface area (TPSA) is 132 Å². The predicted molar refractivity (Wildman–Crippen MR) is 171 cm³/mol. The standard InChI is InChI=1S/C33H38F3N5O6/c1-20-17-41(21(2)19-42)30(43)16-22-15-26(38-31(44)37-24-7-5-23(6-8-24)33(34,35)36)11-14-28(22)47-29(20)18-40(3)32(45)39-25-9-12-27(46-4)13-10-25/h5-15,20-21,29,42H,16-19H2,1-4H3,(H,39,45)(H2,37,38,44)/t20-,21+,29+/m0/s1. The van der Waals surface area contributed by atoms with Gasteiger partial charge in [0.1, 0.15) is 17.6 Å². The van der Waals surface area contributed by atoms with E-state index < -0.39 is 29.9 Å². The Morgan fingerprint density at radius 3 is 2.23 bits per heavy atom. The summed E-state index contributed by atoms with van der Waals surface area (Å²) in [7, 11) is 3.18. The molecule has 5 amide bonds.